The first kappa shape index (κ1) is 23.2. The molecule has 0 bridgehead atoms. The SMILES string of the molecule is Cc1nc(CSc2ccccc2C(=O)NC2CCCNC2C)cs1.Cl.Cl. The van der Waals surface area contributed by atoms with Gasteiger partial charge in [0.1, 0.15) is 0 Å². The van der Waals surface area contributed by atoms with Crippen LogP contribution in [0.25, 0.3) is 0 Å². The van der Waals surface area contributed by atoms with Crippen molar-refractivity contribution < 1.29 is 4.79 Å². The zero-order valence-electron chi connectivity index (χ0n) is 14.9. The van der Waals surface area contributed by atoms with E-state index in [9.17, 15) is 4.79 Å². The van der Waals surface area contributed by atoms with Gasteiger partial charge in [-0.05, 0) is 45.4 Å². The molecule has 1 amide bonds. The predicted molar refractivity (Wildman–Crippen MR) is 115 cm³/mol. The maximum Gasteiger partial charge on any atom is 0.252 e. The lowest BCUT2D eigenvalue weighted by Crippen LogP contribution is -2.51. The summed E-state index contributed by atoms with van der Waals surface area (Å²) in [5.74, 6) is 0.809. The van der Waals surface area contributed by atoms with Crippen molar-refractivity contribution in [2.75, 3.05) is 6.54 Å². The van der Waals surface area contributed by atoms with E-state index in [0.717, 1.165) is 46.3 Å². The summed E-state index contributed by atoms with van der Waals surface area (Å²) in [5, 5.41) is 9.79. The van der Waals surface area contributed by atoms with Gasteiger partial charge < -0.3 is 10.6 Å². The Bertz CT molecular complexity index is 711. The van der Waals surface area contributed by atoms with Crippen LogP contribution in [0.15, 0.2) is 34.5 Å². The summed E-state index contributed by atoms with van der Waals surface area (Å²) in [5.41, 5.74) is 1.83. The minimum Gasteiger partial charge on any atom is -0.348 e. The highest BCUT2D eigenvalue weighted by Crippen LogP contribution is 2.27. The fourth-order valence-corrected chi connectivity index (χ4v) is 4.55. The number of hydrogen-bond acceptors (Lipinski definition) is 5. The molecule has 1 aliphatic rings. The van der Waals surface area contributed by atoms with Crippen molar-refractivity contribution >= 4 is 53.8 Å². The molecule has 1 saturated heterocycles. The number of aromatic nitrogens is 1. The summed E-state index contributed by atoms with van der Waals surface area (Å²) in [4.78, 5) is 18.2. The Morgan fingerprint density at radius 3 is 2.85 bits per heavy atom. The molecular formula is C18H25Cl2N3OS2. The third-order valence-electron chi connectivity index (χ3n) is 4.25. The smallest absolute Gasteiger partial charge is 0.252 e. The summed E-state index contributed by atoms with van der Waals surface area (Å²) in [6.45, 7) is 5.18. The molecule has 3 rings (SSSR count). The number of amides is 1. The summed E-state index contributed by atoms with van der Waals surface area (Å²) in [7, 11) is 0. The molecule has 0 spiro atoms. The third-order valence-corrected chi connectivity index (χ3v) is 6.18. The number of halogens is 2. The Kier molecular flexibility index (Phi) is 9.97. The van der Waals surface area contributed by atoms with E-state index in [1.165, 1.54) is 0 Å². The molecule has 4 nitrogen and oxygen atoms in total. The van der Waals surface area contributed by atoms with E-state index in [2.05, 4.69) is 27.9 Å². The number of rotatable bonds is 5. The van der Waals surface area contributed by atoms with E-state index in [1.54, 1.807) is 23.1 Å². The third kappa shape index (κ3) is 6.13. The van der Waals surface area contributed by atoms with Gasteiger partial charge in [-0.2, -0.15) is 0 Å². The predicted octanol–water partition coefficient (Wildman–Crippen LogP) is 4.46. The van der Waals surface area contributed by atoms with Gasteiger partial charge in [0.2, 0.25) is 0 Å². The second-order valence-electron chi connectivity index (χ2n) is 6.11. The quantitative estimate of drug-likeness (QED) is 0.683. The van der Waals surface area contributed by atoms with Crippen LogP contribution in [0.4, 0.5) is 0 Å². The molecule has 2 N–H and O–H groups in total. The zero-order chi connectivity index (χ0) is 16.9. The molecule has 8 heteroatoms. The fraction of sp³-hybridized carbons (Fsp3) is 0.444. The van der Waals surface area contributed by atoms with Crippen molar-refractivity contribution in [3.63, 3.8) is 0 Å². The largest absolute Gasteiger partial charge is 0.348 e. The molecule has 2 atom stereocenters. The molecule has 0 saturated carbocycles. The van der Waals surface area contributed by atoms with Crippen LogP contribution in [0.1, 0.15) is 40.8 Å². The highest BCUT2D eigenvalue weighted by atomic mass is 35.5. The lowest BCUT2D eigenvalue weighted by Gasteiger charge is -2.30. The van der Waals surface area contributed by atoms with Crippen molar-refractivity contribution in [3.8, 4) is 0 Å². The summed E-state index contributed by atoms with van der Waals surface area (Å²) < 4.78 is 0. The van der Waals surface area contributed by atoms with E-state index in [1.807, 2.05) is 31.2 Å². The number of hydrogen-bond donors (Lipinski definition) is 2. The van der Waals surface area contributed by atoms with Gasteiger partial charge in [-0.1, -0.05) is 12.1 Å². The first-order valence-electron chi connectivity index (χ1n) is 8.30. The molecular weight excluding hydrogens is 409 g/mol. The Hall–Kier alpha value is -0.790. The number of thioether (sulfide) groups is 1. The van der Waals surface area contributed by atoms with Gasteiger partial charge in [0.15, 0.2) is 0 Å². The number of benzene rings is 1. The van der Waals surface area contributed by atoms with E-state index in [4.69, 9.17) is 0 Å². The van der Waals surface area contributed by atoms with E-state index in [-0.39, 0.29) is 36.8 Å². The van der Waals surface area contributed by atoms with Crippen LogP contribution < -0.4 is 10.6 Å². The second kappa shape index (κ2) is 11.1. The van der Waals surface area contributed by atoms with Crippen LogP contribution in [0, 0.1) is 6.92 Å². The maximum atomic E-state index is 12.7. The van der Waals surface area contributed by atoms with Crippen molar-refractivity contribution in [1.29, 1.82) is 0 Å². The number of piperidine rings is 1. The number of thiazole rings is 1. The Morgan fingerprint density at radius 1 is 1.38 bits per heavy atom. The summed E-state index contributed by atoms with van der Waals surface area (Å²) in [6.07, 6.45) is 2.14. The number of carbonyl (C=O) groups is 1. The van der Waals surface area contributed by atoms with Gasteiger partial charge in [0, 0.05) is 28.1 Å². The first-order chi connectivity index (χ1) is 11.6. The molecule has 0 radical (unpaired) electrons. The van der Waals surface area contributed by atoms with Crippen LogP contribution in [-0.4, -0.2) is 29.5 Å². The molecule has 1 aromatic carbocycles. The minimum atomic E-state index is 0. The van der Waals surface area contributed by atoms with Crippen molar-refractivity contribution in [2.24, 2.45) is 0 Å². The topological polar surface area (TPSA) is 54.0 Å². The minimum absolute atomic E-state index is 0. The van der Waals surface area contributed by atoms with Gasteiger partial charge in [-0.3, -0.25) is 4.79 Å². The first-order valence-corrected chi connectivity index (χ1v) is 10.2. The normalized spacial score (nSPS) is 19.2. The summed E-state index contributed by atoms with van der Waals surface area (Å²) in [6, 6.07) is 8.35. The lowest BCUT2D eigenvalue weighted by atomic mass is 9.99. The molecule has 2 unspecified atom stereocenters. The summed E-state index contributed by atoms with van der Waals surface area (Å²) >= 11 is 3.34. The fourth-order valence-electron chi connectivity index (χ4n) is 2.89. The molecule has 1 aliphatic heterocycles. The average molecular weight is 434 g/mol. The van der Waals surface area contributed by atoms with Crippen molar-refractivity contribution in [3.05, 3.63) is 45.9 Å². The van der Waals surface area contributed by atoms with Crippen LogP contribution in [0.5, 0.6) is 0 Å². The van der Waals surface area contributed by atoms with Crippen molar-refractivity contribution in [2.45, 2.75) is 49.4 Å². The molecule has 1 fully saturated rings. The zero-order valence-corrected chi connectivity index (χ0v) is 18.1. The standard InChI is InChI=1S/C18H23N3OS2.2ClH/c1-12-16(7-5-9-19-12)21-18(22)15-6-3-4-8-17(15)24-11-14-10-23-13(2)20-14;;/h3-4,6,8,10,12,16,19H,5,7,9,11H2,1-2H3,(H,21,22);2*1H. The number of carbonyl (C=O) groups excluding carboxylic acids is 1. The highest BCUT2D eigenvalue weighted by molar-refractivity contribution is 7.98. The van der Waals surface area contributed by atoms with Crippen LogP contribution in [0.3, 0.4) is 0 Å². The van der Waals surface area contributed by atoms with E-state index < -0.39 is 0 Å². The number of nitrogens with one attached hydrogen (secondary N) is 2. The Labute approximate surface area is 175 Å². The Morgan fingerprint density at radius 2 is 2.15 bits per heavy atom. The van der Waals surface area contributed by atoms with Crippen LogP contribution in [0.2, 0.25) is 0 Å². The molecule has 2 heterocycles. The lowest BCUT2D eigenvalue weighted by molar-refractivity contribution is 0.0917. The monoisotopic (exact) mass is 433 g/mol. The van der Waals surface area contributed by atoms with Gasteiger partial charge >= 0.3 is 0 Å². The van der Waals surface area contributed by atoms with E-state index in [0.29, 0.717) is 6.04 Å². The molecule has 144 valence electrons. The van der Waals surface area contributed by atoms with Gasteiger partial charge in [-0.25, -0.2) is 4.98 Å². The highest BCUT2D eigenvalue weighted by Gasteiger charge is 2.23. The Balaban J connectivity index is 0.00000169. The van der Waals surface area contributed by atoms with Gasteiger partial charge in [0.05, 0.1) is 16.3 Å². The number of nitrogens with zero attached hydrogens (tertiary/aromatic N) is 1. The molecule has 0 aliphatic carbocycles. The van der Waals surface area contributed by atoms with E-state index >= 15 is 0 Å². The van der Waals surface area contributed by atoms with Crippen molar-refractivity contribution in [1.82, 2.24) is 15.6 Å². The molecule has 1 aromatic heterocycles. The second-order valence-corrected chi connectivity index (χ2v) is 8.19. The maximum absolute atomic E-state index is 12.7. The van der Waals surface area contributed by atoms with Gasteiger partial charge in [-0.15, -0.1) is 47.9 Å². The molecule has 26 heavy (non-hydrogen) atoms. The average Bonchev–Trinajstić information content (AvgIpc) is 3.01. The van der Waals surface area contributed by atoms with Crippen LogP contribution in [-0.2, 0) is 5.75 Å². The van der Waals surface area contributed by atoms with Crippen LogP contribution >= 0.6 is 47.9 Å². The van der Waals surface area contributed by atoms with Gasteiger partial charge in [0.25, 0.3) is 5.91 Å². The number of aryl methyl sites for hydroxylation is 1. The molecule has 2 aromatic rings.